The first-order valence-electron chi connectivity index (χ1n) is 14.9. The summed E-state index contributed by atoms with van der Waals surface area (Å²) in [6, 6.07) is -3.21. The van der Waals surface area contributed by atoms with E-state index in [2.05, 4.69) is 20.9 Å². The van der Waals surface area contributed by atoms with Crippen molar-refractivity contribution in [3.8, 4) is 0 Å². The number of hydrogen-bond donors (Lipinski definition) is 12. The molecule has 3 heterocycles. The lowest BCUT2D eigenvalue weighted by atomic mass is 9.82. The van der Waals surface area contributed by atoms with Crippen molar-refractivity contribution in [2.24, 2.45) is 27.9 Å². The molecular weight excluding hydrogens is 566 g/mol. The second-order valence-electron chi connectivity index (χ2n) is 12.6. The van der Waals surface area contributed by atoms with E-state index in [-0.39, 0.29) is 44.6 Å². The molecule has 16 N–H and O–H groups in total. The first-order chi connectivity index (χ1) is 20.2. The van der Waals surface area contributed by atoms with E-state index >= 15 is 0 Å². The zero-order chi connectivity index (χ0) is 31.7. The number of nitrogens with two attached hydrogens (primary N) is 4. The predicted molar refractivity (Wildman–Crippen MR) is 156 cm³/mol. The van der Waals surface area contributed by atoms with Gasteiger partial charge in [0.2, 0.25) is 0 Å². The summed E-state index contributed by atoms with van der Waals surface area (Å²) in [6.07, 6.45) is -5.97. The number of ether oxygens (including phenoxy) is 4. The lowest BCUT2D eigenvalue weighted by Crippen LogP contribution is -2.72. The largest absolute Gasteiger partial charge is 0.388 e. The van der Waals surface area contributed by atoms with Crippen LogP contribution in [0.3, 0.4) is 0 Å². The Morgan fingerprint density at radius 3 is 2.40 bits per heavy atom. The molecule has 17 nitrogen and oxygen atoms in total. The fraction of sp³-hybridized carbons (Fsp3) is 0.923. The average molecular weight is 618 g/mol. The van der Waals surface area contributed by atoms with Crippen LogP contribution in [0.1, 0.15) is 33.1 Å². The van der Waals surface area contributed by atoms with E-state index in [1.54, 1.807) is 14.0 Å². The van der Waals surface area contributed by atoms with E-state index < -0.39 is 78.4 Å². The summed E-state index contributed by atoms with van der Waals surface area (Å²) in [5.41, 5.74) is 21.7. The maximum atomic E-state index is 11.7. The van der Waals surface area contributed by atoms with Gasteiger partial charge < -0.3 is 78.3 Å². The Bertz CT molecular complexity index is 986. The molecule has 13 atom stereocenters. The summed E-state index contributed by atoms with van der Waals surface area (Å²) in [5, 5.41) is 61.3. The van der Waals surface area contributed by atoms with Crippen molar-refractivity contribution in [2.45, 2.75) is 118 Å². The van der Waals surface area contributed by atoms with Gasteiger partial charge in [0.25, 0.3) is 0 Å². The topological polar surface area (TPSA) is 294 Å². The van der Waals surface area contributed by atoms with Crippen LogP contribution in [0.5, 0.6) is 0 Å². The van der Waals surface area contributed by atoms with Gasteiger partial charge in [-0.05, 0) is 40.2 Å². The van der Waals surface area contributed by atoms with Crippen molar-refractivity contribution in [2.75, 3.05) is 33.3 Å². The van der Waals surface area contributed by atoms with Crippen molar-refractivity contribution in [1.29, 1.82) is 5.41 Å². The first-order valence-corrected chi connectivity index (χ1v) is 14.9. The molecule has 0 radical (unpaired) electrons. The van der Waals surface area contributed by atoms with Gasteiger partial charge in [-0.2, -0.15) is 0 Å². The number of β-amino-alcohol motifs (C(OH)–C–C–N with tert-alkyl or cyclic N) is 1. The van der Waals surface area contributed by atoms with E-state index in [1.165, 1.54) is 6.92 Å². The molecule has 0 aromatic carbocycles. The summed E-state index contributed by atoms with van der Waals surface area (Å²) >= 11 is 0. The number of aliphatic hydroxyl groups excluding tert-OH is 2. The molecule has 0 aromatic rings. The molecule has 0 spiro atoms. The van der Waals surface area contributed by atoms with Crippen LogP contribution in [0.4, 0.5) is 0 Å². The van der Waals surface area contributed by atoms with Crippen LogP contribution >= 0.6 is 0 Å². The highest BCUT2D eigenvalue weighted by molar-refractivity contribution is 5.89. The zero-order valence-electron chi connectivity index (χ0n) is 25.1. The second-order valence-corrected chi connectivity index (χ2v) is 12.6. The number of nitrogens with one attached hydrogen (secondary N) is 4. The van der Waals surface area contributed by atoms with Crippen molar-refractivity contribution in [3.05, 3.63) is 0 Å². The van der Waals surface area contributed by atoms with E-state index in [4.69, 9.17) is 47.3 Å². The Balaban J connectivity index is 1.51. The highest BCUT2D eigenvalue weighted by atomic mass is 16.7. The fourth-order valence-electron chi connectivity index (χ4n) is 5.96. The van der Waals surface area contributed by atoms with Crippen LogP contribution in [0.25, 0.3) is 0 Å². The normalized spacial score (nSPS) is 44.3. The molecule has 3 aliphatic heterocycles. The van der Waals surface area contributed by atoms with Crippen molar-refractivity contribution < 1.29 is 39.4 Å². The molecule has 7 unspecified atom stereocenters. The van der Waals surface area contributed by atoms with Crippen LogP contribution in [-0.4, -0.2) is 150 Å². The third-order valence-corrected chi connectivity index (χ3v) is 8.81. The minimum absolute atomic E-state index is 0.149. The van der Waals surface area contributed by atoms with E-state index in [1.807, 2.05) is 0 Å². The molecular formula is C26H51N9O8. The van der Waals surface area contributed by atoms with Crippen molar-refractivity contribution in [3.63, 3.8) is 0 Å². The van der Waals surface area contributed by atoms with Gasteiger partial charge in [0.05, 0.1) is 43.4 Å². The van der Waals surface area contributed by atoms with Gasteiger partial charge in [-0.1, -0.05) is 0 Å². The molecule has 3 saturated heterocycles. The molecule has 1 aliphatic carbocycles. The number of nitrogens with zero attached hydrogens (tertiary/aromatic N) is 1. The quantitative estimate of drug-likeness (QED) is 0.0805. The number of likely N-dealkylation sites (N-methyl/N-ethyl adjacent to an activating group) is 1. The Hall–Kier alpha value is -1.58. The monoisotopic (exact) mass is 617 g/mol. The van der Waals surface area contributed by atoms with Gasteiger partial charge in [0.1, 0.15) is 47.3 Å². The molecule has 0 amide bonds. The molecule has 0 aromatic heterocycles. The van der Waals surface area contributed by atoms with E-state index in [0.29, 0.717) is 18.7 Å². The van der Waals surface area contributed by atoms with Crippen molar-refractivity contribution >= 4 is 11.7 Å². The van der Waals surface area contributed by atoms with Gasteiger partial charge >= 0.3 is 0 Å². The second kappa shape index (κ2) is 13.8. The molecule has 248 valence electrons. The van der Waals surface area contributed by atoms with E-state index in [9.17, 15) is 20.4 Å². The molecule has 0 bridgehead atoms. The summed E-state index contributed by atoms with van der Waals surface area (Å²) in [6.45, 7) is 3.77. The summed E-state index contributed by atoms with van der Waals surface area (Å²) in [5.74, 6) is 0.151. The molecule has 4 rings (SSSR count). The zero-order valence-corrected chi connectivity index (χ0v) is 25.1. The van der Waals surface area contributed by atoms with Crippen LogP contribution in [-0.2, 0) is 18.9 Å². The third kappa shape index (κ3) is 7.63. The highest BCUT2D eigenvalue weighted by Crippen LogP contribution is 2.32. The molecule has 17 heteroatoms. The van der Waals surface area contributed by atoms with Crippen molar-refractivity contribution in [1.82, 2.24) is 16.0 Å². The van der Waals surface area contributed by atoms with Gasteiger partial charge in [-0.3, -0.25) is 10.4 Å². The summed E-state index contributed by atoms with van der Waals surface area (Å²) in [4.78, 5) is 4.30. The van der Waals surface area contributed by atoms with Gasteiger partial charge in [-0.25, -0.2) is 0 Å². The maximum absolute atomic E-state index is 11.7. The van der Waals surface area contributed by atoms with E-state index in [0.717, 1.165) is 0 Å². The Morgan fingerprint density at radius 2 is 1.79 bits per heavy atom. The number of aliphatic hydroxyl groups is 4. The smallest absolute Gasteiger partial charge is 0.185 e. The lowest BCUT2D eigenvalue weighted by Gasteiger charge is -2.50. The minimum Gasteiger partial charge on any atom is -0.388 e. The molecule has 43 heavy (non-hydrogen) atoms. The summed E-state index contributed by atoms with van der Waals surface area (Å²) in [7, 11) is 1.60. The Kier molecular flexibility index (Phi) is 11.0. The number of aliphatic imine (C=N–C) groups is 1. The minimum atomic E-state index is -1.39. The summed E-state index contributed by atoms with van der Waals surface area (Å²) < 4.78 is 24.2. The predicted octanol–water partition coefficient (Wildman–Crippen LogP) is -5.29. The Labute approximate surface area is 251 Å². The number of amidine groups is 2. The Morgan fingerprint density at radius 1 is 1.12 bits per heavy atom. The third-order valence-electron chi connectivity index (χ3n) is 8.81. The van der Waals surface area contributed by atoms with Gasteiger partial charge in [0, 0.05) is 19.1 Å². The van der Waals surface area contributed by atoms with Crippen LogP contribution < -0.4 is 38.9 Å². The number of hydrogen-bond acceptors (Lipinski definition) is 15. The molecule has 4 aliphatic rings. The molecule has 1 saturated carbocycles. The SMILES string of the molecule is CN[C@@H]1C(O)[C@@H](OC2C(O)C(O[C@H]3O[C@H](CN=C(N)C(C)N)CCC3N)[C@@H](N)C[C@H]2NC(=N)C2(O)CNC2)OCC1(C)O. The standard InChI is InChI=1S/C26H51N9O8/c1-11(27)21(30)34-7-12-4-5-13(28)22(41-12)42-18-14(29)6-15(35-24(31)26(39)8-33-9-26)19(16(18)36)43-23-17(37)20(32-3)25(2,38)10-40-23/h11-20,22-23,32-33,36-39H,4-10,27-29H2,1-3H3,(H2,30,34)(H2,31,35)/t11?,12-,13?,14-,15+,16?,17?,18?,19?,20+,22+,23+,25?/m0/s1. The van der Waals surface area contributed by atoms with Gasteiger partial charge in [-0.15, -0.1) is 0 Å². The fourth-order valence-corrected chi connectivity index (χ4v) is 5.96. The van der Waals surface area contributed by atoms with Crippen LogP contribution in [0, 0.1) is 5.41 Å². The number of rotatable bonds is 10. The van der Waals surface area contributed by atoms with Crippen LogP contribution in [0.15, 0.2) is 4.99 Å². The highest BCUT2D eigenvalue weighted by Gasteiger charge is 2.52. The van der Waals surface area contributed by atoms with Gasteiger partial charge in [0.15, 0.2) is 12.6 Å². The average Bonchev–Trinajstić information content (AvgIpc) is 2.92. The molecule has 4 fully saturated rings. The van der Waals surface area contributed by atoms with Crippen LogP contribution in [0.2, 0.25) is 0 Å². The first kappa shape index (κ1) is 34.3. The maximum Gasteiger partial charge on any atom is 0.185 e. The lowest BCUT2D eigenvalue weighted by molar-refractivity contribution is -0.307.